The van der Waals surface area contributed by atoms with Crippen molar-refractivity contribution >= 4 is 22.9 Å². The second kappa shape index (κ2) is 6.68. The minimum Gasteiger partial charge on any atom is -0.325 e. The maximum absolute atomic E-state index is 12.1. The summed E-state index contributed by atoms with van der Waals surface area (Å²) < 4.78 is 0. The summed E-state index contributed by atoms with van der Waals surface area (Å²) in [6, 6.07) is 10.1. The Kier molecular flexibility index (Phi) is 4.93. The predicted octanol–water partition coefficient (Wildman–Crippen LogP) is 3.44. The average molecular weight is 288 g/mol. The number of aryl methyl sites for hydroxylation is 1. The molecule has 1 aromatic carbocycles. The lowest BCUT2D eigenvalue weighted by Crippen LogP contribution is -2.29. The molecule has 0 aliphatic rings. The van der Waals surface area contributed by atoms with E-state index in [1.165, 1.54) is 10.4 Å². The van der Waals surface area contributed by atoms with Crippen molar-refractivity contribution in [1.82, 2.24) is 4.90 Å². The average Bonchev–Trinajstić information content (AvgIpc) is 2.87. The number of thiophene rings is 1. The van der Waals surface area contributed by atoms with E-state index in [2.05, 4.69) is 16.8 Å². The van der Waals surface area contributed by atoms with Crippen molar-refractivity contribution in [2.24, 2.45) is 0 Å². The fourth-order valence-electron chi connectivity index (χ4n) is 2.05. The molecule has 0 spiro atoms. The van der Waals surface area contributed by atoms with Crippen LogP contribution in [0.5, 0.6) is 0 Å². The molecule has 2 rings (SSSR count). The van der Waals surface area contributed by atoms with Gasteiger partial charge in [0.25, 0.3) is 0 Å². The third-order valence-corrected chi connectivity index (χ3v) is 4.16. The minimum absolute atomic E-state index is 0.0257. The van der Waals surface area contributed by atoms with Gasteiger partial charge in [0.05, 0.1) is 6.54 Å². The van der Waals surface area contributed by atoms with Gasteiger partial charge in [0.2, 0.25) is 5.91 Å². The molecule has 0 aliphatic carbocycles. The summed E-state index contributed by atoms with van der Waals surface area (Å²) in [6.07, 6.45) is 0. The van der Waals surface area contributed by atoms with E-state index in [0.29, 0.717) is 6.54 Å². The van der Waals surface area contributed by atoms with E-state index < -0.39 is 0 Å². The van der Waals surface area contributed by atoms with Gasteiger partial charge in [0.1, 0.15) is 0 Å². The maximum atomic E-state index is 12.1. The van der Waals surface area contributed by atoms with Crippen LogP contribution in [0.1, 0.15) is 16.0 Å². The van der Waals surface area contributed by atoms with E-state index in [1.54, 1.807) is 11.3 Å². The molecule has 0 unspecified atom stereocenters. The highest BCUT2D eigenvalue weighted by Gasteiger charge is 2.09. The van der Waals surface area contributed by atoms with Gasteiger partial charge in [-0.2, -0.15) is 0 Å². The molecule has 1 aromatic heterocycles. The smallest absolute Gasteiger partial charge is 0.238 e. The fraction of sp³-hybridized carbons (Fsp3) is 0.312. The van der Waals surface area contributed by atoms with Crippen LogP contribution in [0.4, 0.5) is 5.69 Å². The van der Waals surface area contributed by atoms with Gasteiger partial charge in [-0.3, -0.25) is 9.69 Å². The van der Waals surface area contributed by atoms with Crippen LogP contribution in [0.25, 0.3) is 0 Å². The van der Waals surface area contributed by atoms with E-state index in [1.807, 2.05) is 50.1 Å². The molecule has 0 radical (unpaired) electrons. The van der Waals surface area contributed by atoms with Crippen LogP contribution >= 0.6 is 11.3 Å². The van der Waals surface area contributed by atoms with Crippen molar-refractivity contribution in [1.29, 1.82) is 0 Å². The monoisotopic (exact) mass is 288 g/mol. The van der Waals surface area contributed by atoms with Crippen molar-refractivity contribution in [3.63, 3.8) is 0 Å². The number of rotatable bonds is 5. The highest BCUT2D eigenvalue weighted by molar-refractivity contribution is 7.09. The maximum Gasteiger partial charge on any atom is 0.238 e. The van der Waals surface area contributed by atoms with Gasteiger partial charge in [0.15, 0.2) is 0 Å². The number of hydrogen-bond acceptors (Lipinski definition) is 3. The molecule has 0 saturated carbocycles. The Morgan fingerprint density at radius 3 is 2.75 bits per heavy atom. The summed E-state index contributed by atoms with van der Waals surface area (Å²) in [5.74, 6) is 0.0257. The largest absolute Gasteiger partial charge is 0.325 e. The summed E-state index contributed by atoms with van der Waals surface area (Å²) in [5, 5.41) is 5.04. The second-order valence-electron chi connectivity index (χ2n) is 5.05. The Hall–Kier alpha value is -1.65. The van der Waals surface area contributed by atoms with Crippen molar-refractivity contribution in [3.8, 4) is 0 Å². The molecule has 0 atom stereocenters. The number of anilines is 1. The molecule has 3 nitrogen and oxygen atoms in total. The highest BCUT2D eigenvalue weighted by atomic mass is 32.1. The molecule has 2 aromatic rings. The quantitative estimate of drug-likeness (QED) is 0.914. The number of carbonyl (C=O) groups excluding carboxylic acids is 1. The summed E-state index contributed by atoms with van der Waals surface area (Å²) in [4.78, 5) is 15.4. The van der Waals surface area contributed by atoms with Crippen LogP contribution in [0.15, 0.2) is 35.7 Å². The fourth-order valence-corrected chi connectivity index (χ4v) is 2.83. The number of nitrogens with one attached hydrogen (secondary N) is 1. The van der Waals surface area contributed by atoms with Gasteiger partial charge < -0.3 is 5.32 Å². The lowest BCUT2D eigenvalue weighted by molar-refractivity contribution is -0.117. The number of hydrogen-bond donors (Lipinski definition) is 1. The first-order valence-corrected chi connectivity index (χ1v) is 7.51. The molecular formula is C16H20N2OS. The van der Waals surface area contributed by atoms with Crippen LogP contribution in [0.3, 0.4) is 0 Å². The molecule has 4 heteroatoms. The molecule has 0 bridgehead atoms. The topological polar surface area (TPSA) is 32.3 Å². The predicted molar refractivity (Wildman–Crippen MR) is 85.2 cm³/mol. The Balaban J connectivity index is 1.90. The van der Waals surface area contributed by atoms with E-state index in [9.17, 15) is 4.79 Å². The van der Waals surface area contributed by atoms with Gasteiger partial charge in [0, 0.05) is 17.1 Å². The summed E-state index contributed by atoms with van der Waals surface area (Å²) in [5.41, 5.74) is 3.22. The van der Waals surface area contributed by atoms with Gasteiger partial charge in [-0.15, -0.1) is 11.3 Å². The Morgan fingerprint density at radius 2 is 2.05 bits per heavy atom. The van der Waals surface area contributed by atoms with Gasteiger partial charge in [-0.05, 0) is 49.5 Å². The first kappa shape index (κ1) is 14.8. The van der Waals surface area contributed by atoms with Crippen molar-refractivity contribution in [2.75, 3.05) is 18.9 Å². The van der Waals surface area contributed by atoms with Crippen LogP contribution in [0, 0.1) is 13.8 Å². The zero-order valence-corrected chi connectivity index (χ0v) is 13.0. The number of carbonyl (C=O) groups is 1. The third kappa shape index (κ3) is 3.92. The van der Waals surface area contributed by atoms with Crippen LogP contribution in [-0.4, -0.2) is 24.4 Å². The minimum atomic E-state index is 0.0257. The van der Waals surface area contributed by atoms with E-state index in [0.717, 1.165) is 17.8 Å². The van der Waals surface area contributed by atoms with E-state index in [4.69, 9.17) is 0 Å². The van der Waals surface area contributed by atoms with Crippen molar-refractivity contribution < 1.29 is 4.79 Å². The van der Waals surface area contributed by atoms with E-state index >= 15 is 0 Å². The zero-order chi connectivity index (χ0) is 14.5. The molecule has 0 saturated heterocycles. The normalized spacial score (nSPS) is 10.8. The number of amides is 1. The van der Waals surface area contributed by atoms with Gasteiger partial charge in [-0.1, -0.05) is 18.2 Å². The third-order valence-electron chi connectivity index (χ3n) is 3.30. The summed E-state index contributed by atoms with van der Waals surface area (Å²) in [7, 11) is 1.96. The van der Waals surface area contributed by atoms with Crippen LogP contribution < -0.4 is 5.32 Å². The second-order valence-corrected chi connectivity index (χ2v) is 6.08. The zero-order valence-electron chi connectivity index (χ0n) is 12.1. The van der Waals surface area contributed by atoms with Crippen LogP contribution in [0.2, 0.25) is 0 Å². The molecule has 0 fully saturated rings. The molecule has 1 N–H and O–H groups in total. The Bertz CT molecular complexity index is 578. The Labute approximate surface area is 124 Å². The number of benzene rings is 1. The summed E-state index contributed by atoms with van der Waals surface area (Å²) in [6.45, 7) is 5.28. The van der Waals surface area contributed by atoms with Crippen LogP contribution in [-0.2, 0) is 11.3 Å². The van der Waals surface area contributed by atoms with Crippen molar-refractivity contribution in [3.05, 3.63) is 51.7 Å². The molecule has 20 heavy (non-hydrogen) atoms. The molecule has 106 valence electrons. The number of likely N-dealkylation sites (N-methyl/N-ethyl adjacent to an activating group) is 1. The lowest BCUT2D eigenvalue weighted by atomic mass is 10.1. The standard InChI is InChI=1S/C16H20N2OS/c1-12-6-4-8-15(13(12)2)17-16(19)11-18(3)10-14-7-5-9-20-14/h4-9H,10-11H2,1-3H3,(H,17,19). The molecule has 0 aliphatic heterocycles. The van der Waals surface area contributed by atoms with Gasteiger partial charge >= 0.3 is 0 Å². The molecule has 1 heterocycles. The van der Waals surface area contributed by atoms with E-state index in [-0.39, 0.29) is 5.91 Å². The SMILES string of the molecule is Cc1cccc(NC(=O)CN(C)Cc2cccs2)c1C. The molecular weight excluding hydrogens is 268 g/mol. The first-order valence-electron chi connectivity index (χ1n) is 6.63. The van der Waals surface area contributed by atoms with Gasteiger partial charge in [-0.25, -0.2) is 0 Å². The lowest BCUT2D eigenvalue weighted by Gasteiger charge is -2.16. The van der Waals surface area contributed by atoms with Crippen molar-refractivity contribution in [2.45, 2.75) is 20.4 Å². The highest BCUT2D eigenvalue weighted by Crippen LogP contribution is 2.18. The molecule has 1 amide bonds. The number of nitrogens with zero attached hydrogens (tertiary/aromatic N) is 1. The summed E-state index contributed by atoms with van der Waals surface area (Å²) >= 11 is 1.71. The first-order chi connectivity index (χ1) is 9.56. The Morgan fingerprint density at radius 1 is 1.25 bits per heavy atom.